The first-order valence-corrected chi connectivity index (χ1v) is 10.9. The zero-order chi connectivity index (χ0) is 19.6. The zero-order valence-electron chi connectivity index (χ0n) is 14.4. The van der Waals surface area contributed by atoms with Gasteiger partial charge in [-0.05, 0) is 36.8 Å². The van der Waals surface area contributed by atoms with E-state index < -0.39 is 22.0 Å². The van der Waals surface area contributed by atoms with Gasteiger partial charge in [0.1, 0.15) is 4.90 Å². The Morgan fingerprint density at radius 1 is 1.22 bits per heavy atom. The molecule has 0 bridgehead atoms. The van der Waals surface area contributed by atoms with Crippen molar-refractivity contribution in [1.82, 2.24) is 4.31 Å². The average molecular weight is 471 g/mol. The minimum atomic E-state index is -3.93. The molecular formula is C19H17BrClNO4S. The van der Waals surface area contributed by atoms with Crippen molar-refractivity contribution in [2.75, 3.05) is 13.2 Å². The molecule has 3 rings (SSSR count). The Hall–Kier alpha value is -1.67. The molecule has 1 heterocycles. The molecule has 1 unspecified atom stereocenters. The van der Waals surface area contributed by atoms with Gasteiger partial charge in [-0.2, -0.15) is 4.31 Å². The van der Waals surface area contributed by atoms with E-state index in [4.69, 9.17) is 16.3 Å². The van der Waals surface area contributed by atoms with Crippen molar-refractivity contribution in [3.05, 3.63) is 75.2 Å². The molecule has 0 saturated heterocycles. The second-order valence-corrected chi connectivity index (χ2v) is 9.02. The van der Waals surface area contributed by atoms with Crippen LogP contribution >= 0.6 is 27.5 Å². The maximum Gasteiger partial charge on any atom is 0.335 e. The minimum absolute atomic E-state index is 0.00675. The fourth-order valence-electron chi connectivity index (χ4n) is 2.98. The number of carbonyl (C=O) groups excluding carboxylic acids is 1. The molecule has 27 heavy (non-hydrogen) atoms. The van der Waals surface area contributed by atoms with Crippen LogP contribution in [0.4, 0.5) is 0 Å². The standard InChI is InChI=1S/C19H17BrClNO4S/c1-2-26-19(23)15-11-12-22(18(15)13-7-9-14(20)10-8-13)27(24,25)17-6-4-3-5-16(17)21/h3-11,18H,2,12H2,1H3. The number of esters is 1. The van der Waals surface area contributed by atoms with Crippen molar-refractivity contribution in [2.45, 2.75) is 17.9 Å². The number of sulfonamides is 1. The summed E-state index contributed by atoms with van der Waals surface area (Å²) in [5, 5.41) is 0.136. The number of carbonyl (C=O) groups is 1. The van der Waals surface area contributed by atoms with Crippen LogP contribution in [0.3, 0.4) is 0 Å². The Balaban J connectivity index is 2.08. The second kappa shape index (κ2) is 8.14. The summed E-state index contributed by atoms with van der Waals surface area (Å²) in [5.74, 6) is -0.526. The molecule has 0 amide bonds. The lowest BCUT2D eigenvalue weighted by Gasteiger charge is -2.27. The normalized spacial score (nSPS) is 17.6. The third kappa shape index (κ3) is 3.96. The molecular weight excluding hydrogens is 454 g/mol. The fourth-order valence-corrected chi connectivity index (χ4v) is 5.27. The Morgan fingerprint density at radius 2 is 1.89 bits per heavy atom. The van der Waals surface area contributed by atoms with Crippen molar-refractivity contribution in [2.24, 2.45) is 0 Å². The molecule has 142 valence electrons. The van der Waals surface area contributed by atoms with Gasteiger partial charge in [0.05, 0.1) is 23.2 Å². The number of nitrogens with zero attached hydrogens (tertiary/aromatic N) is 1. The van der Waals surface area contributed by atoms with E-state index in [1.54, 1.807) is 49.4 Å². The van der Waals surface area contributed by atoms with Crippen LogP contribution in [0.2, 0.25) is 5.02 Å². The lowest BCUT2D eigenvalue weighted by molar-refractivity contribution is -0.138. The Labute approximate surface area is 171 Å². The summed E-state index contributed by atoms with van der Waals surface area (Å²) in [6, 6.07) is 12.6. The van der Waals surface area contributed by atoms with Crippen molar-refractivity contribution in [3.8, 4) is 0 Å². The summed E-state index contributed by atoms with van der Waals surface area (Å²) >= 11 is 9.50. The summed E-state index contributed by atoms with van der Waals surface area (Å²) in [6.45, 7) is 1.98. The van der Waals surface area contributed by atoms with E-state index in [2.05, 4.69) is 15.9 Å². The van der Waals surface area contributed by atoms with Crippen molar-refractivity contribution < 1.29 is 17.9 Å². The summed E-state index contributed by atoms with van der Waals surface area (Å²) in [7, 11) is -3.93. The van der Waals surface area contributed by atoms with E-state index in [0.29, 0.717) is 11.1 Å². The monoisotopic (exact) mass is 469 g/mol. The number of hydrogen-bond donors (Lipinski definition) is 0. The number of benzene rings is 2. The van der Waals surface area contributed by atoms with E-state index in [1.807, 2.05) is 0 Å². The van der Waals surface area contributed by atoms with Crippen LogP contribution in [0.15, 0.2) is 69.5 Å². The molecule has 0 aromatic heterocycles. The molecule has 1 aliphatic rings. The van der Waals surface area contributed by atoms with Gasteiger partial charge in [0.15, 0.2) is 0 Å². The maximum atomic E-state index is 13.3. The molecule has 0 fully saturated rings. The van der Waals surface area contributed by atoms with Gasteiger partial charge in [-0.3, -0.25) is 0 Å². The molecule has 2 aromatic rings. The van der Waals surface area contributed by atoms with Crippen LogP contribution in [0.1, 0.15) is 18.5 Å². The second-order valence-electron chi connectivity index (χ2n) is 5.84. The van der Waals surface area contributed by atoms with Crippen LogP contribution in [-0.4, -0.2) is 31.8 Å². The average Bonchev–Trinajstić information content (AvgIpc) is 3.09. The molecule has 0 saturated carbocycles. The Morgan fingerprint density at radius 3 is 2.52 bits per heavy atom. The maximum absolute atomic E-state index is 13.3. The van der Waals surface area contributed by atoms with E-state index in [0.717, 1.165) is 4.47 Å². The highest BCUT2D eigenvalue weighted by Gasteiger charge is 2.41. The van der Waals surface area contributed by atoms with Gasteiger partial charge in [-0.25, -0.2) is 13.2 Å². The van der Waals surface area contributed by atoms with Gasteiger partial charge in [0.25, 0.3) is 0 Å². The molecule has 1 atom stereocenters. The number of halogens is 2. The summed E-state index contributed by atoms with van der Waals surface area (Å²) in [5.41, 5.74) is 0.973. The molecule has 0 spiro atoms. The van der Waals surface area contributed by atoms with Crippen LogP contribution in [0.25, 0.3) is 0 Å². The molecule has 5 nitrogen and oxygen atoms in total. The quantitative estimate of drug-likeness (QED) is 0.610. The van der Waals surface area contributed by atoms with E-state index >= 15 is 0 Å². The van der Waals surface area contributed by atoms with Crippen LogP contribution < -0.4 is 0 Å². The molecule has 8 heteroatoms. The van der Waals surface area contributed by atoms with Gasteiger partial charge in [0.2, 0.25) is 10.0 Å². The third-order valence-corrected chi connectivity index (χ3v) is 7.05. The molecule has 0 aliphatic carbocycles. The largest absolute Gasteiger partial charge is 0.463 e. The number of ether oxygens (including phenoxy) is 1. The minimum Gasteiger partial charge on any atom is -0.463 e. The van der Waals surface area contributed by atoms with Gasteiger partial charge in [-0.15, -0.1) is 0 Å². The smallest absolute Gasteiger partial charge is 0.335 e. The van der Waals surface area contributed by atoms with Crippen LogP contribution in [0.5, 0.6) is 0 Å². The first kappa shape index (κ1) is 20.1. The predicted octanol–water partition coefficient (Wildman–Crippen LogP) is 4.34. The van der Waals surface area contributed by atoms with Crippen LogP contribution in [-0.2, 0) is 19.6 Å². The SMILES string of the molecule is CCOC(=O)C1=CCN(S(=O)(=O)c2ccccc2Cl)C1c1ccc(Br)cc1. The summed E-state index contributed by atoms with van der Waals surface area (Å²) < 4.78 is 33.8. The van der Waals surface area contributed by atoms with Gasteiger partial charge < -0.3 is 4.74 Å². The predicted molar refractivity (Wildman–Crippen MR) is 107 cm³/mol. The van der Waals surface area contributed by atoms with E-state index in [-0.39, 0.29) is 23.1 Å². The number of rotatable bonds is 5. The highest BCUT2D eigenvalue weighted by molar-refractivity contribution is 9.10. The fraction of sp³-hybridized carbons (Fsp3) is 0.211. The lowest BCUT2D eigenvalue weighted by Crippen LogP contribution is -2.33. The van der Waals surface area contributed by atoms with Crippen LogP contribution in [0, 0.1) is 0 Å². The van der Waals surface area contributed by atoms with Gasteiger partial charge >= 0.3 is 5.97 Å². The number of hydrogen-bond acceptors (Lipinski definition) is 4. The lowest BCUT2D eigenvalue weighted by atomic mass is 10.0. The molecule has 0 radical (unpaired) electrons. The van der Waals surface area contributed by atoms with Crippen molar-refractivity contribution >= 4 is 43.5 Å². The Kier molecular flexibility index (Phi) is 6.05. The first-order chi connectivity index (χ1) is 12.9. The topological polar surface area (TPSA) is 63.7 Å². The summed E-state index contributed by atoms with van der Waals surface area (Å²) in [4.78, 5) is 12.4. The molecule has 0 N–H and O–H groups in total. The highest BCUT2D eigenvalue weighted by Crippen LogP contribution is 2.39. The summed E-state index contributed by atoms with van der Waals surface area (Å²) in [6.07, 6.45) is 1.60. The zero-order valence-corrected chi connectivity index (χ0v) is 17.6. The van der Waals surface area contributed by atoms with Gasteiger partial charge in [0, 0.05) is 11.0 Å². The van der Waals surface area contributed by atoms with E-state index in [9.17, 15) is 13.2 Å². The van der Waals surface area contributed by atoms with Gasteiger partial charge in [-0.1, -0.05) is 57.9 Å². The highest BCUT2D eigenvalue weighted by atomic mass is 79.9. The first-order valence-electron chi connectivity index (χ1n) is 8.25. The molecule has 1 aliphatic heterocycles. The Bertz CT molecular complexity index is 989. The van der Waals surface area contributed by atoms with E-state index in [1.165, 1.54) is 16.4 Å². The third-order valence-electron chi connectivity index (χ3n) is 4.19. The van der Waals surface area contributed by atoms with Crippen molar-refractivity contribution in [1.29, 1.82) is 0 Å². The van der Waals surface area contributed by atoms with Crippen molar-refractivity contribution in [3.63, 3.8) is 0 Å². The molecule has 2 aromatic carbocycles.